The van der Waals surface area contributed by atoms with Gasteiger partial charge in [0.15, 0.2) is 0 Å². The number of sulfonamides is 1. The Balaban J connectivity index is 1.58. The smallest absolute Gasteiger partial charge is 0.248 e. The third-order valence-corrected chi connectivity index (χ3v) is 4.15. The molecule has 0 unspecified atom stereocenters. The second-order valence-electron chi connectivity index (χ2n) is 5.82. The lowest BCUT2D eigenvalue weighted by Crippen LogP contribution is -2.09. The Morgan fingerprint density at radius 2 is 1.70 bits per heavy atom. The summed E-state index contributed by atoms with van der Waals surface area (Å²) >= 11 is 0. The molecule has 27 heavy (non-hydrogen) atoms. The van der Waals surface area contributed by atoms with Crippen LogP contribution >= 0.6 is 0 Å². The highest BCUT2D eigenvalue weighted by Crippen LogP contribution is 2.14. The average molecular weight is 382 g/mol. The molecule has 0 saturated heterocycles. The average Bonchev–Trinajstić information content (AvgIpc) is 3.15. The highest BCUT2D eigenvalue weighted by molar-refractivity contribution is 7.92. The fourth-order valence-corrected chi connectivity index (χ4v) is 2.92. The largest absolute Gasteiger partial charge is 0.323 e. The predicted octanol–water partition coefficient (Wildman–Crippen LogP) is 2.90. The third kappa shape index (κ3) is 5.55. The number of carbonyl (C=O) groups is 1. The fraction of sp³-hybridized carbons (Fsp3) is 0.0526. The lowest BCUT2D eigenvalue weighted by Gasteiger charge is -2.05. The third-order valence-electron chi connectivity index (χ3n) is 3.54. The van der Waals surface area contributed by atoms with Crippen LogP contribution in [0.15, 0.2) is 73.1 Å². The highest BCUT2D eigenvalue weighted by atomic mass is 32.2. The van der Waals surface area contributed by atoms with Crippen LogP contribution in [0.2, 0.25) is 0 Å². The van der Waals surface area contributed by atoms with Crippen LogP contribution in [0.1, 0.15) is 5.56 Å². The summed E-state index contributed by atoms with van der Waals surface area (Å²) in [7, 11) is -3.31. The van der Waals surface area contributed by atoms with Crippen LogP contribution < -0.4 is 10.0 Å². The van der Waals surface area contributed by atoms with Crippen molar-refractivity contribution < 1.29 is 13.2 Å². The summed E-state index contributed by atoms with van der Waals surface area (Å²) in [5.41, 5.74) is 2.82. The van der Waals surface area contributed by atoms with Gasteiger partial charge in [-0.15, -0.1) is 0 Å². The number of hydrogen-bond acceptors (Lipinski definition) is 4. The summed E-state index contributed by atoms with van der Waals surface area (Å²) in [6, 6.07) is 15.9. The van der Waals surface area contributed by atoms with Gasteiger partial charge in [-0.25, -0.2) is 13.1 Å². The van der Waals surface area contributed by atoms with E-state index in [0.29, 0.717) is 11.4 Å². The number of hydrogen-bond donors (Lipinski definition) is 2. The maximum atomic E-state index is 12.0. The second kappa shape index (κ2) is 7.88. The minimum Gasteiger partial charge on any atom is -0.323 e. The Labute approximate surface area is 157 Å². The minimum absolute atomic E-state index is 0.264. The molecular formula is C19H18N4O3S. The number of nitrogens with zero attached hydrogens (tertiary/aromatic N) is 2. The first-order valence-electron chi connectivity index (χ1n) is 8.06. The van der Waals surface area contributed by atoms with E-state index in [2.05, 4.69) is 15.1 Å². The van der Waals surface area contributed by atoms with Crippen molar-refractivity contribution >= 4 is 33.4 Å². The fourth-order valence-electron chi connectivity index (χ4n) is 2.35. The molecule has 0 fully saturated rings. The van der Waals surface area contributed by atoms with Gasteiger partial charge in [0.2, 0.25) is 15.9 Å². The summed E-state index contributed by atoms with van der Waals surface area (Å²) in [5.74, 6) is -0.264. The van der Waals surface area contributed by atoms with E-state index in [1.807, 2.05) is 24.4 Å². The Morgan fingerprint density at radius 1 is 1.04 bits per heavy atom. The van der Waals surface area contributed by atoms with Crippen LogP contribution in [0.3, 0.4) is 0 Å². The molecule has 2 aromatic carbocycles. The zero-order chi connectivity index (χ0) is 19.3. The van der Waals surface area contributed by atoms with E-state index in [1.54, 1.807) is 53.4 Å². The maximum absolute atomic E-state index is 12.0. The van der Waals surface area contributed by atoms with Crippen molar-refractivity contribution in [3.05, 3.63) is 78.6 Å². The molecule has 1 amide bonds. The minimum atomic E-state index is -3.31. The van der Waals surface area contributed by atoms with Gasteiger partial charge in [0.25, 0.3) is 0 Å². The molecule has 2 N–H and O–H groups in total. The van der Waals surface area contributed by atoms with Crippen LogP contribution in [-0.2, 0) is 14.8 Å². The summed E-state index contributed by atoms with van der Waals surface area (Å²) in [4.78, 5) is 12.0. The number of nitrogens with one attached hydrogen (secondary N) is 2. The molecular weight excluding hydrogens is 364 g/mol. The summed E-state index contributed by atoms with van der Waals surface area (Å²) in [5, 5.41) is 6.93. The van der Waals surface area contributed by atoms with Gasteiger partial charge in [-0.1, -0.05) is 12.1 Å². The van der Waals surface area contributed by atoms with Crippen LogP contribution in [-0.4, -0.2) is 30.4 Å². The van der Waals surface area contributed by atoms with E-state index in [0.717, 1.165) is 17.5 Å². The number of rotatable bonds is 6. The van der Waals surface area contributed by atoms with Gasteiger partial charge in [0.1, 0.15) is 0 Å². The number of carbonyl (C=O) groups excluding carboxylic acids is 1. The number of benzene rings is 2. The van der Waals surface area contributed by atoms with E-state index in [-0.39, 0.29) is 5.91 Å². The molecule has 1 heterocycles. The van der Waals surface area contributed by atoms with Crippen molar-refractivity contribution in [1.29, 1.82) is 0 Å². The van der Waals surface area contributed by atoms with Gasteiger partial charge in [0, 0.05) is 29.8 Å². The highest BCUT2D eigenvalue weighted by Gasteiger charge is 2.02. The molecule has 0 aliphatic carbocycles. The first-order valence-corrected chi connectivity index (χ1v) is 9.95. The van der Waals surface area contributed by atoms with Crippen molar-refractivity contribution in [2.24, 2.45) is 0 Å². The summed E-state index contributed by atoms with van der Waals surface area (Å²) in [6.45, 7) is 0. The number of amides is 1. The first-order chi connectivity index (χ1) is 12.9. The number of aromatic nitrogens is 2. The number of anilines is 2. The van der Waals surface area contributed by atoms with E-state index < -0.39 is 10.0 Å². The van der Waals surface area contributed by atoms with Crippen molar-refractivity contribution in [3.63, 3.8) is 0 Å². The molecule has 0 radical (unpaired) electrons. The van der Waals surface area contributed by atoms with Gasteiger partial charge in [-0.3, -0.25) is 9.52 Å². The molecule has 138 valence electrons. The topological polar surface area (TPSA) is 93.1 Å². The SMILES string of the molecule is CS(=O)(=O)Nc1ccc(/C=C/C(=O)Nc2ccc(-n3cccn3)cc2)cc1. The maximum Gasteiger partial charge on any atom is 0.248 e. The lowest BCUT2D eigenvalue weighted by molar-refractivity contribution is -0.111. The monoisotopic (exact) mass is 382 g/mol. The van der Waals surface area contributed by atoms with E-state index in [9.17, 15) is 13.2 Å². The predicted molar refractivity (Wildman–Crippen MR) is 106 cm³/mol. The Morgan fingerprint density at radius 3 is 2.30 bits per heavy atom. The Kier molecular flexibility index (Phi) is 5.37. The zero-order valence-corrected chi connectivity index (χ0v) is 15.3. The first kappa shape index (κ1) is 18.4. The molecule has 7 nitrogen and oxygen atoms in total. The van der Waals surface area contributed by atoms with Crippen molar-refractivity contribution in [2.45, 2.75) is 0 Å². The Bertz CT molecular complexity index is 1040. The molecule has 0 spiro atoms. The van der Waals surface area contributed by atoms with Crippen molar-refractivity contribution in [1.82, 2.24) is 9.78 Å². The molecule has 0 aliphatic heterocycles. The molecule has 0 atom stereocenters. The molecule has 0 saturated carbocycles. The Hall–Kier alpha value is -3.39. The van der Waals surface area contributed by atoms with Crippen molar-refractivity contribution in [3.8, 4) is 5.69 Å². The van der Waals surface area contributed by atoms with Gasteiger partial charge < -0.3 is 5.32 Å². The van der Waals surface area contributed by atoms with E-state index in [4.69, 9.17) is 0 Å². The van der Waals surface area contributed by atoms with Crippen LogP contribution in [0.25, 0.3) is 11.8 Å². The quantitative estimate of drug-likeness (QED) is 0.641. The van der Waals surface area contributed by atoms with Gasteiger partial charge >= 0.3 is 0 Å². The van der Waals surface area contributed by atoms with Crippen LogP contribution in [0, 0.1) is 0 Å². The molecule has 3 rings (SSSR count). The van der Waals surface area contributed by atoms with Crippen molar-refractivity contribution in [2.75, 3.05) is 16.3 Å². The summed E-state index contributed by atoms with van der Waals surface area (Å²) < 4.78 is 26.5. The van der Waals surface area contributed by atoms with Crippen LogP contribution in [0.4, 0.5) is 11.4 Å². The zero-order valence-electron chi connectivity index (χ0n) is 14.5. The standard InChI is InChI=1S/C19H18N4O3S/c1-27(25,26)22-17-6-3-15(4-7-17)5-12-19(24)21-16-8-10-18(11-9-16)23-14-2-13-20-23/h2-14,22H,1H3,(H,21,24)/b12-5+. The normalized spacial score (nSPS) is 11.4. The molecule has 8 heteroatoms. The van der Waals surface area contributed by atoms with Gasteiger partial charge in [-0.05, 0) is 54.1 Å². The van der Waals surface area contributed by atoms with Crippen LogP contribution in [0.5, 0.6) is 0 Å². The molecule has 0 aliphatic rings. The molecule has 3 aromatic rings. The van der Waals surface area contributed by atoms with Gasteiger partial charge in [-0.2, -0.15) is 5.10 Å². The second-order valence-corrected chi connectivity index (χ2v) is 7.56. The molecule has 0 bridgehead atoms. The van der Waals surface area contributed by atoms with E-state index in [1.165, 1.54) is 6.08 Å². The lowest BCUT2D eigenvalue weighted by atomic mass is 10.2. The van der Waals surface area contributed by atoms with Gasteiger partial charge in [0.05, 0.1) is 11.9 Å². The summed E-state index contributed by atoms with van der Waals surface area (Å²) in [6.07, 6.45) is 7.70. The van der Waals surface area contributed by atoms with E-state index >= 15 is 0 Å². The molecule has 1 aromatic heterocycles.